The second-order valence-corrected chi connectivity index (χ2v) is 7.04. The summed E-state index contributed by atoms with van der Waals surface area (Å²) in [4.78, 5) is 38.8. The number of benzene rings is 2. The SMILES string of the molecule is CCC(C)NC(=O)c1nn(-c2ccc(OC)cc2)c(=O)n(Cc2cccc(F)c2)c1=O. The van der Waals surface area contributed by atoms with Crippen LogP contribution in [0.2, 0.25) is 0 Å². The quantitative estimate of drug-likeness (QED) is 0.625. The van der Waals surface area contributed by atoms with Gasteiger partial charge in [0.15, 0.2) is 0 Å². The largest absolute Gasteiger partial charge is 0.497 e. The number of halogens is 1. The van der Waals surface area contributed by atoms with E-state index >= 15 is 0 Å². The lowest BCUT2D eigenvalue weighted by Crippen LogP contribution is -2.47. The Kier molecular flexibility index (Phi) is 6.64. The number of amides is 1. The number of ether oxygens (including phenoxy) is 1. The van der Waals surface area contributed by atoms with Crippen LogP contribution in [0.1, 0.15) is 36.3 Å². The minimum Gasteiger partial charge on any atom is -0.497 e. The molecule has 1 heterocycles. The van der Waals surface area contributed by atoms with Crippen LogP contribution in [0.5, 0.6) is 5.75 Å². The summed E-state index contributed by atoms with van der Waals surface area (Å²) >= 11 is 0. The van der Waals surface area contributed by atoms with Gasteiger partial charge in [0.05, 0.1) is 19.3 Å². The van der Waals surface area contributed by atoms with E-state index in [4.69, 9.17) is 4.74 Å². The van der Waals surface area contributed by atoms with E-state index < -0.39 is 28.7 Å². The first-order chi connectivity index (χ1) is 14.8. The monoisotopic (exact) mass is 426 g/mol. The van der Waals surface area contributed by atoms with Crippen molar-refractivity contribution in [3.63, 3.8) is 0 Å². The van der Waals surface area contributed by atoms with Gasteiger partial charge in [0.25, 0.3) is 11.5 Å². The standard InChI is InChI=1S/C22H23FN4O4/c1-4-14(2)24-20(28)19-21(29)26(13-15-6-5-7-16(23)12-15)22(30)27(25-19)17-8-10-18(31-3)11-9-17/h5-12,14H,4,13H2,1-3H3,(H,24,28). The average molecular weight is 426 g/mol. The number of hydrogen-bond donors (Lipinski definition) is 1. The Morgan fingerprint density at radius 1 is 1.19 bits per heavy atom. The zero-order valence-corrected chi connectivity index (χ0v) is 17.5. The fourth-order valence-electron chi connectivity index (χ4n) is 2.90. The molecule has 0 radical (unpaired) electrons. The minimum absolute atomic E-state index is 0.188. The molecule has 2 aromatic carbocycles. The molecule has 0 aliphatic carbocycles. The van der Waals surface area contributed by atoms with E-state index in [1.165, 1.54) is 25.3 Å². The summed E-state index contributed by atoms with van der Waals surface area (Å²) in [6.45, 7) is 3.47. The molecule has 0 saturated heterocycles. The third kappa shape index (κ3) is 4.88. The molecule has 0 aliphatic rings. The highest BCUT2D eigenvalue weighted by Crippen LogP contribution is 2.13. The third-order valence-corrected chi connectivity index (χ3v) is 4.81. The highest BCUT2D eigenvalue weighted by Gasteiger charge is 2.21. The van der Waals surface area contributed by atoms with Gasteiger partial charge in [-0.2, -0.15) is 9.78 Å². The van der Waals surface area contributed by atoms with Crippen LogP contribution in [-0.2, 0) is 6.54 Å². The molecule has 31 heavy (non-hydrogen) atoms. The van der Waals surface area contributed by atoms with E-state index in [1.54, 1.807) is 37.3 Å². The predicted octanol–water partition coefficient (Wildman–Crippen LogP) is 2.12. The maximum atomic E-state index is 13.6. The normalized spacial score (nSPS) is 11.7. The predicted molar refractivity (Wildman–Crippen MR) is 113 cm³/mol. The summed E-state index contributed by atoms with van der Waals surface area (Å²) in [5, 5.41) is 6.74. The molecule has 1 unspecified atom stereocenters. The molecule has 3 rings (SSSR count). The van der Waals surface area contributed by atoms with Crippen molar-refractivity contribution in [3.8, 4) is 11.4 Å². The van der Waals surface area contributed by atoms with Gasteiger partial charge in [0.1, 0.15) is 11.6 Å². The van der Waals surface area contributed by atoms with E-state index in [0.29, 0.717) is 23.4 Å². The maximum Gasteiger partial charge on any atom is 0.352 e. The lowest BCUT2D eigenvalue weighted by molar-refractivity contribution is 0.0929. The molecule has 0 aliphatic heterocycles. The van der Waals surface area contributed by atoms with Gasteiger partial charge in [-0.25, -0.2) is 9.18 Å². The molecular formula is C22H23FN4O4. The van der Waals surface area contributed by atoms with Gasteiger partial charge in [-0.05, 0) is 55.3 Å². The summed E-state index contributed by atoms with van der Waals surface area (Å²) in [6.07, 6.45) is 0.654. The highest BCUT2D eigenvalue weighted by molar-refractivity contribution is 5.91. The van der Waals surface area contributed by atoms with Crippen LogP contribution in [0.15, 0.2) is 58.1 Å². The van der Waals surface area contributed by atoms with Gasteiger partial charge in [0.2, 0.25) is 5.69 Å². The number of methoxy groups -OCH3 is 1. The number of carbonyl (C=O) groups is 1. The number of carbonyl (C=O) groups excluding carboxylic acids is 1. The van der Waals surface area contributed by atoms with Gasteiger partial charge in [-0.15, -0.1) is 0 Å². The van der Waals surface area contributed by atoms with Crippen molar-refractivity contribution in [2.45, 2.75) is 32.9 Å². The minimum atomic E-state index is -0.847. The molecule has 9 heteroatoms. The number of nitrogens with zero attached hydrogens (tertiary/aromatic N) is 3. The molecule has 3 aromatic rings. The number of aromatic nitrogens is 3. The first-order valence-electron chi connectivity index (χ1n) is 9.78. The van der Waals surface area contributed by atoms with Gasteiger partial charge in [-0.1, -0.05) is 19.1 Å². The molecule has 1 atom stereocenters. The smallest absolute Gasteiger partial charge is 0.352 e. The zero-order chi connectivity index (χ0) is 22.5. The fourth-order valence-corrected chi connectivity index (χ4v) is 2.90. The van der Waals surface area contributed by atoms with Crippen LogP contribution >= 0.6 is 0 Å². The number of hydrogen-bond acceptors (Lipinski definition) is 5. The van der Waals surface area contributed by atoms with Crippen molar-refractivity contribution < 1.29 is 13.9 Å². The van der Waals surface area contributed by atoms with Crippen LogP contribution in [0.25, 0.3) is 5.69 Å². The Bertz CT molecular complexity index is 1200. The van der Waals surface area contributed by atoms with Crippen molar-refractivity contribution in [2.24, 2.45) is 0 Å². The molecule has 0 bridgehead atoms. The second-order valence-electron chi connectivity index (χ2n) is 7.04. The first kappa shape index (κ1) is 21.9. The summed E-state index contributed by atoms with van der Waals surface area (Å²) in [7, 11) is 1.51. The first-order valence-corrected chi connectivity index (χ1v) is 9.78. The van der Waals surface area contributed by atoms with Gasteiger partial charge in [0, 0.05) is 6.04 Å². The van der Waals surface area contributed by atoms with E-state index in [0.717, 1.165) is 9.25 Å². The highest BCUT2D eigenvalue weighted by atomic mass is 19.1. The lowest BCUT2D eigenvalue weighted by Gasteiger charge is -2.14. The van der Waals surface area contributed by atoms with Crippen LogP contribution in [0.3, 0.4) is 0 Å². The van der Waals surface area contributed by atoms with Crippen LogP contribution < -0.4 is 21.3 Å². The van der Waals surface area contributed by atoms with Crippen molar-refractivity contribution in [2.75, 3.05) is 7.11 Å². The number of rotatable bonds is 7. The van der Waals surface area contributed by atoms with Crippen molar-refractivity contribution in [3.05, 3.63) is 86.4 Å². The Labute approximate surface area is 177 Å². The third-order valence-electron chi connectivity index (χ3n) is 4.81. The van der Waals surface area contributed by atoms with Gasteiger partial charge >= 0.3 is 5.69 Å². The average Bonchev–Trinajstić information content (AvgIpc) is 2.76. The Hall–Kier alpha value is -3.75. The van der Waals surface area contributed by atoms with Crippen LogP contribution in [-0.4, -0.2) is 33.4 Å². The molecule has 1 aromatic heterocycles. The molecule has 1 N–H and O–H groups in total. The van der Waals surface area contributed by atoms with Gasteiger partial charge in [-0.3, -0.25) is 14.2 Å². The number of nitrogens with one attached hydrogen (secondary N) is 1. The molecule has 8 nitrogen and oxygen atoms in total. The van der Waals surface area contributed by atoms with E-state index in [1.807, 2.05) is 6.92 Å². The molecule has 0 spiro atoms. The molecule has 1 amide bonds. The van der Waals surface area contributed by atoms with Crippen LogP contribution in [0, 0.1) is 5.82 Å². The van der Waals surface area contributed by atoms with Gasteiger partial charge < -0.3 is 10.1 Å². The Balaban J connectivity index is 2.17. The van der Waals surface area contributed by atoms with Crippen molar-refractivity contribution >= 4 is 5.91 Å². The van der Waals surface area contributed by atoms with Crippen molar-refractivity contribution in [1.29, 1.82) is 0 Å². The summed E-state index contributed by atoms with van der Waals surface area (Å²) in [5.41, 5.74) is -1.28. The van der Waals surface area contributed by atoms with Crippen LogP contribution in [0.4, 0.5) is 4.39 Å². The second kappa shape index (κ2) is 9.38. The summed E-state index contributed by atoms with van der Waals surface area (Å²) < 4.78 is 20.6. The lowest BCUT2D eigenvalue weighted by atomic mass is 10.2. The molecular weight excluding hydrogens is 403 g/mol. The zero-order valence-electron chi connectivity index (χ0n) is 17.5. The summed E-state index contributed by atoms with van der Waals surface area (Å²) in [5.74, 6) is -0.612. The molecule has 0 saturated carbocycles. The fraction of sp³-hybridized carbons (Fsp3) is 0.273. The van der Waals surface area contributed by atoms with E-state index in [9.17, 15) is 18.8 Å². The van der Waals surface area contributed by atoms with E-state index in [-0.39, 0.29) is 12.6 Å². The molecule has 162 valence electrons. The Morgan fingerprint density at radius 3 is 2.52 bits per heavy atom. The molecule has 0 fully saturated rings. The van der Waals surface area contributed by atoms with Crippen molar-refractivity contribution in [1.82, 2.24) is 19.7 Å². The topological polar surface area (TPSA) is 95.2 Å². The Morgan fingerprint density at radius 2 is 1.90 bits per heavy atom. The van der Waals surface area contributed by atoms with E-state index in [2.05, 4.69) is 10.4 Å². The summed E-state index contributed by atoms with van der Waals surface area (Å²) in [6, 6.07) is 11.8. The maximum absolute atomic E-state index is 13.6.